The van der Waals surface area contributed by atoms with Crippen molar-refractivity contribution in [2.24, 2.45) is 7.05 Å². The van der Waals surface area contributed by atoms with Crippen molar-refractivity contribution in [3.63, 3.8) is 0 Å². The van der Waals surface area contributed by atoms with Crippen molar-refractivity contribution in [1.29, 1.82) is 0 Å². The molecule has 2 aliphatic heterocycles. The van der Waals surface area contributed by atoms with Crippen LogP contribution in [0, 0.1) is 0 Å². The molecule has 2 aromatic heterocycles. The third-order valence-electron chi connectivity index (χ3n) is 4.95. The predicted molar refractivity (Wildman–Crippen MR) is 86.8 cm³/mol. The van der Waals surface area contributed by atoms with E-state index in [-0.39, 0.29) is 11.9 Å². The van der Waals surface area contributed by atoms with E-state index in [4.69, 9.17) is 0 Å². The van der Waals surface area contributed by atoms with Gasteiger partial charge in [0, 0.05) is 50.6 Å². The van der Waals surface area contributed by atoms with Crippen LogP contribution in [0.4, 0.5) is 5.69 Å². The lowest BCUT2D eigenvalue weighted by Gasteiger charge is -2.39. The van der Waals surface area contributed by atoms with Gasteiger partial charge in [-0.25, -0.2) is 0 Å². The molecule has 2 aliphatic rings. The van der Waals surface area contributed by atoms with Gasteiger partial charge in [0.15, 0.2) is 0 Å². The van der Waals surface area contributed by atoms with Gasteiger partial charge in [0.25, 0.3) is 0 Å². The first-order valence-corrected chi connectivity index (χ1v) is 8.16. The molecule has 4 heterocycles. The molecule has 6 heteroatoms. The fraction of sp³-hybridized carbons (Fsp3) is 0.471. The van der Waals surface area contributed by atoms with E-state index in [0.29, 0.717) is 12.5 Å². The Morgan fingerprint density at radius 2 is 2.17 bits per heavy atom. The summed E-state index contributed by atoms with van der Waals surface area (Å²) >= 11 is 0. The van der Waals surface area contributed by atoms with Gasteiger partial charge in [-0.1, -0.05) is 0 Å². The van der Waals surface area contributed by atoms with Crippen LogP contribution in [-0.4, -0.2) is 44.2 Å². The molecule has 0 bridgehead atoms. The molecule has 0 saturated carbocycles. The molecule has 0 aromatic carbocycles. The molecule has 2 aromatic rings. The fourth-order valence-electron chi connectivity index (χ4n) is 3.97. The standard InChI is InChI=1S/C17H21N5O/c1-20-11-13(9-19-20)12-21-8-6-16-15(21)4-5-17(23)22(16)14-3-2-7-18-10-14/h2-3,7,9-11,15-16H,4-6,8,12H2,1H3/t15-,16-/m1/s1. The maximum atomic E-state index is 12.5. The molecule has 6 nitrogen and oxygen atoms in total. The van der Waals surface area contributed by atoms with Crippen LogP contribution in [0.2, 0.25) is 0 Å². The van der Waals surface area contributed by atoms with Gasteiger partial charge in [0.05, 0.1) is 24.1 Å². The number of piperidine rings is 1. The van der Waals surface area contributed by atoms with E-state index in [1.54, 1.807) is 12.4 Å². The molecule has 0 radical (unpaired) electrons. The SMILES string of the molecule is Cn1cc(CN2CC[C@@H]3[C@H]2CCC(=O)N3c2cccnc2)cn1. The Hall–Kier alpha value is -2.21. The Bertz CT molecular complexity index is 698. The summed E-state index contributed by atoms with van der Waals surface area (Å²) in [6.07, 6.45) is 10.1. The summed E-state index contributed by atoms with van der Waals surface area (Å²) in [5.41, 5.74) is 2.16. The largest absolute Gasteiger partial charge is 0.306 e. The van der Waals surface area contributed by atoms with Crippen LogP contribution in [0.5, 0.6) is 0 Å². The van der Waals surface area contributed by atoms with Gasteiger partial charge in [0.2, 0.25) is 5.91 Å². The van der Waals surface area contributed by atoms with Crippen LogP contribution in [0.1, 0.15) is 24.8 Å². The number of aromatic nitrogens is 3. The van der Waals surface area contributed by atoms with Crippen LogP contribution >= 0.6 is 0 Å². The monoisotopic (exact) mass is 311 g/mol. The van der Waals surface area contributed by atoms with E-state index in [9.17, 15) is 4.79 Å². The van der Waals surface area contributed by atoms with Gasteiger partial charge in [-0.15, -0.1) is 0 Å². The van der Waals surface area contributed by atoms with Crippen molar-refractivity contribution in [3.05, 3.63) is 42.5 Å². The maximum Gasteiger partial charge on any atom is 0.227 e. The molecular weight excluding hydrogens is 290 g/mol. The Labute approximate surface area is 135 Å². The normalized spacial score (nSPS) is 24.9. The number of likely N-dealkylation sites (tertiary alicyclic amines) is 1. The van der Waals surface area contributed by atoms with Crippen molar-refractivity contribution in [1.82, 2.24) is 19.7 Å². The Kier molecular flexibility index (Phi) is 3.61. The average molecular weight is 311 g/mol. The van der Waals surface area contributed by atoms with Crippen LogP contribution in [-0.2, 0) is 18.4 Å². The van der Waals surface area contributed by atoms with Crippen molar-refractivity contribution >= 4 is 11.6 Å². The lowest BCUT2D eigenvalue weighted by Crippen LogP contribution is -2.52. The average Bonchev–Trinajstić information content (AvgIpc) is 3.15. The zero-order valence-electron chi connectivity index (χ0n) is 13.3. The van der Waals surface area contributed by atoms with Gasteiger partial charge in [-0.3, -0.25) is 19.4 Å². The number of aryl methyl sites for hydroxylation is 1. The number of amides is 1. The lowest BCUT2D eigenvalue weighted by atomic mass is 9.95. The predicted octanol–water partition coefficient (Wildman–Crippen LogP) is 1.58. The molecule has 0 aliphatic carbocycles. The minimum absolute atomic E-state index is 0.225. The van der Waals surface area contributed by atoms with Gasteiger partial charge in [-0.2, -0.15) is 5.10 Å². The number of pyridine rings is 1. The highest BCUT2D eigenvalue weighted by molar-refractivity contribution is 5.95. The Morgan fingerprint density at radius 3 is 2.91 bits per heavy atom. The molecule has 0 unspecified atom stereocenters. The third-order valence-corrected chi connectivity index (χ3v) is 4.95. The lowest BCUT2D eigenvalue weighted by molar-refractivity contribution is -0.120. The molecule has 0 N–H and O–H groups in total. The summed E-state index contributed by atoms with van der Waals surface area (Å²) in [6.45, 7) is 1.93. The van der Waals surface area contributed by atoms with Gasteiger partial charge >= 0.3 is 0 Å². The maximum absolute atomic E-state index is 12.5. The van der Waals surface area contributed by atoms with Crippen LogP contribution < -0.4 is 4.90 Å². The van der Waals surface area contributed by atoms with E-state index >= 15 is 0 Å². The molecular formula is C17H21N5O. The third kappa shape index (κ3) is 2.63. The van der Waals surface area contributed by atoms with Crippen LogP contribution in [0.3, 0.4) is 0 Å². The summed E-state index contributed by atoms with van der Waals surface area (Å²) in [5.74, 6) is 0.225. The number of hydrogen-bond donors (Lipinski definition) is 0. The quantitative estimate of drug-likeness (QED) is 0.864. The summed E-state index contributed by atoms with van der Waals surface area (Å²) < 4.78 is 1.84. The first-order valence-electron chi connectivity index (χ1n) is 8.16. The highest BCUT2D eigenvalue weighted by Gasteiger charge is 2.43. The minimum atomic E-state index is 0.225. The summed E-state index contributed by atoms with van der Waals surface area (Å²) in [4.78, 5) is 21.1. The number of carbonyl (C=O) groups is 1. The molecule has 2 saturated heterocycles. The van der Waals surface area contributed by atoms with E-state index in [1.807, 2.05) is 35.0 Å². The first-order chi connectivity index (χ1) is 11.2. The number of anilines is 1. The highest BCUT2D eigenvalue weighted by atomic mass is 16.2. The van der Waals surface area contributed by atoms with Gasteiger partial charge in [-0.05, 0) is 25.0 Å². The molecule has 2 fully saturated rings. The summed E-state index contributed by atoms with van der Waals surface area (Å²) in [6, 6.07) is 4.57. The molecule has 23 heavy (non-hydrogen) atoms. The van der Waals surface area contributed by atoms with E-state index < -0.39 is 0 Å². The van der Waals surface area contributed by atoms with E-state index in [1.165, 1.54) is 5.56 Å². The smallest absolute Gasteiger partial charge is 0.227 e. The molecule has 0 spiro atoms. The van der Waals surface area contributed by atoms with Crippen molar-refractivity contribution in [2.75, 3.05) is 11.4 Å². The number of nitrogens with zero attached hydrogens (tertiary/aromatic N) is 5. The molecule has 1 amide bonds. The highest BCUT2D eigenvalue weighted by Crippen LogP contribution is 2.35. The number of carbonyl (C=O) groups excluding carboxylic acids is 1. The topological polar surface area (TPSA) is 54.3 Å². The zero-order chi connectivity index (χ0) is 15.8. The van der Waals surface area contributed by atoms with E-state index in [2.05, 4.69) is 21.2 Å². The first kappa shape index (κ1) is 14.4. The summed E-state index contributed by atoms with van der Waals surface area (Å²) in [5, 5.41) is 4.25. The van der Waals surface area contributed by atoms with Crippen LogP contribution in [0.15, 0.2) is 36.9 Å². The number of hydrogen-bond acceptors (Lipinski definition) is 4. The fourth-order valence-corrected chi connectivity index (χ4v) is 3.97. The zero-order valence-corrected chi connectivity index (χ0v) is 13.3. The van der Waals surface area contributed by atoms with Crippen molar-refractivity contribution in [2.45, 2.75) is 37.9 Å². The Morgan fingerprint density at radius 1 is 1.26 bits per heavy atom. The molecule has 120 valence electrons. The van der Waals surface area contributed by atoms with Crippen molar-refractivity contribution in [3.8, 4) is 0 Å². The van der Waals surface area contributed by atoms with Crippen molar-refractivity contribution < 1.29 is 4.79 Å². The molecule has 4 rings (SSSR count). The van der Waals surface area contributed by atoms with Crippen LogP contribution in [0.25, 0.3) is 0 Å². The second-order valence-corrected chi connectivity index (χ2v) is 6.43. The summed E-state index contributed by atoms with van der Waals surface area (Å²) in [7, 11) is 1.94. The van der Waals surface area contributed by atoms with Gasteiger partial charge in [0.1, 0.15) is 0 Å². The second-order valence-electron chi connectivity index (χ2n) is 6.43. The molecule has 2 atom stereocenters. The number of fused-ring (bicyclic) bond motifs is 1. The van der Waals surface area contributed by atoms with E-state index in [0.717, 1.165) is 31.6 Å². The second kappa shape index (κ2) is 5.77. The minimum Gasteiger partial charge on any atom is -0.306 e. The Balaban J connectivity index is 1.55. The van der Waals surface area contributed by atoms with Gasteiger partial charge < -0.3 is 4.90 Å². The number of rotatable bonds is 3.